The van der Waals surface area contributed by atoms with Crippen LogP contribution in [0.15, 0.2) is 216 Å². The molecule has 0 saturated carbocycles. The Labute approximate surface area is 406 Å². The molecule has 0 aliphatic carbocycles. The number of aldehydes is 1. The summed E-state index contributed by atoms with van der Waals surface area (Å²) in [5.41, 5.74) is 10.2. The van der Waals surface area contributed by atoms with Gasteiger partial charge in [-0.2, -0.15) is 0 Å². The molecule has 10 aromatic rings. The van der Waals surface area contributed by atoms with Crippen molar-refractivity contribution in [2.24, 2.45) is 0 Å². The van der Waals surface area contributed by atoms with Crippen LogP contribution in [-0.4, -0.2) is 44.6 Å². The highest BCUT2D eigenvalue weighted by atomic mass is 16.3. The minimum atomic E-state index is -0.299. The van der Waals surface area contributed by atoms with Gasteiger partial charge >= 0.3 is 0 Å². The Morgan fingerprint density at radius 2 is 0.843 bits per heavy atom. The van der Waals surface area contributed by atoms with Crippen LogP contribution in [0.25, 0.3) is 21.8 Å². The third-order valence-electron chi connectivity index (χ3n) is 12.7. The molecule has 8 aromatic carbocycles. The maximum absolute atomic E-state index is 14.0. The maximum atomic E-state index is 14.0. The van der Waals surface area contributed by atoms with Gasteiger partial charge in [-0.3, -0.25) is 23.5 Å². The van der Waals surface area contributed by atoms with Crippen LogP contribution < -0.4 is 20.9 Å². The molecule has 0 fully saturated rings. The van der Waals surface area contributed by atoms with E-state index in [1.807, 2.05) is 238 Å². The number of aromatic nitrogens is 4. The molecule has 10 rings (SSSR count). The van der Waals surface area contributed by atoms with E-state index in [0.29, 0.717) is 39.0 Å². The smallest absolute Gasteiger partial charge is 0.262 e. The molecule has 0 spiro atoms. The van der Waals surface area contributed by atoms with Crippen molar-refractivity contribution in [3.8, 4) is 0 Å². The molecule has 0 aliphatic heterocycles. The Balaban J connectivity index is 0.000000174. The first-order valence-electron chi connectivity index (χ1n) is 23.1. The summed E-state index contributed by atoms with van der Waals surface area (Å²) < 4.78 is 3.58. The van der Waals surface area contributed by atoms with Gasteiger partial charge in [0.05, 0.1) is 40.5 Å². The van der Waals surface area contributed by atoms with Gasteiger partial charge in [0.25, 0.3) is 11.1 Å². The summed E-state index contributed by atoms with van der Waals surface area (Å²) in [6.45, 7) is 3.75. The predicted molar refractivity (Wildman–Crippen MR) is 282 cm³/mol. The number of nitrogens with zero attached hydrogens (tertiary/aromatic N) is 6. The Kier molecular flexibility index (Phi) is 13.7. The van der Waals surface area contributed by atoms with Crippen LogP contribution in [-0.2, 0) is 6.61 Å². The van der Waals surface area contributed by atoms with Crippen molar-refractivity contribution in [1.82, 2.24) is 19.1 Å². The molecule has 0 saturated heterocycles. The third-order valence-corrected chi connectivity index (χ3v) is 12.7. The standard InChI is InChI=1S/C30H27N3O2.C30H25N3O2/c2*1-21-31-28-17-16-26(32(2)25-15-9-10-22(18-25)20-34)19-27(28)30(35)33(21)29(23-11-5-3-6-12-23)24-13-7-4-8-14-24/h3-19,29,34H,20H2,1-2H3;3-20,29H,1-2H3. The van der Waals surface area contributed by atoms with E-state index in [0.717, 1.165) is 56.9 Å². The van der Waals surface area contributed by atoms with Crippen molar-refractivity contribution < 1.29 is 9.90 Å². The van der Waals surface area contributed by atoms with E-state index in [1.54, 1.807) is 15.2 Å². The van der Waals surface area contributed by atoms with Gasteiger partial charge in [-0.05, 0) is 102 Å². The summed E-state index contributed by atoms with van der Waals surface area (Å²) in [6.07, 6.45) is 0.830. The lowest BCUT2D eigenvalue weighted by Gasteiger charge is -2.24. The average molecular weight is 921 g/mol. The van der Waals surface area contributed by atoms with Gasteiger partial charge in [0, 0.05) is 42.4 Å². The number of hydrogen-bond donors (Lipinski definition) is 1. The molecule has 70 heavy (non-hydrogen) atoms. The molecule has 0 radical (unpaired) electrons. The van der Waals surface area contributed by atoms with Gasteiger partial charge in [-0.15, -0.1) is 0 Å². The van der Waals surface area contributed by atoms with Crippen LogP contribution >= 0.6 is 0 Å². The number of rotatable bonds is 12. The van der Waals surface area contributed by atoms with Crippen molar-refractivity contribution in [3.63, 3.8) is 0 Å². The summed E-state index contributed by atoms with van der Waals surface area (Å²) in [7, 11) is 3.87. The highest BCUT2D eigenvalue weighted by Crippen LogP contribution is 2.32. The molecule has 1 N–H and O–H groups in total. The highest BCUT2D eigenvalue weighted by molar-refractivity contribution is 5.85. The molecule has 346 valence electrons. The van der Waals surface area contributed by atoms with E-state index in [4.69, 9.17) is 9.97 Å². The zero-order valence-electron chi connectivity index (χ0n) is 39.4. The third kappa shape index (κ3) is 9.54. The Morgan fingerprint density at radius 3 is 1.23 bits per heavy atom. The fourth-order valence-corrected chi connectivity index (χ4v) is 9.11. The summed E-state index contributed by atoms with van der Waals surface area (Å²) in [4.78, 5) is 52.9. The maximum Gasteiger partial charge on any atom is 0.262 e. The monoisotopic (exact) mass is 920 g/mol. The van der Waals surface area contributed by atoms with Crippen LogP contribution in [0, 0.1) is 13.8 Å². The molecule has 0 atom stereocenters. The lowest BCUT2D eigenvalue weighted by atomic mass is 9.98. The topological polar surface area (TPSA) is 114 Å². The summed E-state index contributed by atoms with van der Waals surface area (Å²) in [5.74, 6) is 1.32. The highest BCUT2D eigenvalue weighted by Gasteiger charge is 2.24. The molecule has 0 aliphatic rings. The normalized spacial score (nSPS) is 11.1. The minimum absolute atomic E-state index is 0.0202. The molecule has 2 aromatic heterocycles. The second-order valence-corrected chi connectivity index (χ2v) is 17.2. The number of carbonyl (C=O) groups excluding carboxylic acids is 1. The number of aliphatic hydroxyl groups is 1. The number of anilines is 4. The van der Waals surface area contributed by atoms with Crippen molar-refractivity contribution in [2.75, 3.05) is 23.9 Å². The van der Waals surface area contributed by atoms with Crippen LogP contribution in [0.3, 0.4) is 0 Å². The van der Waals surface area contributed by atoms with Crippen molar-refractivity contribution in [3.05, 3.63) is 272 Å². The number of carbonyl (C=O) groups is 1. The molecule has 0 amide bonds. The Hall–Kier alpha value is -8.73. The zero-order valence-corrected chi connectivity index (χ0v) is 39.4. The van der Waals surface area contributed by atoms with Gasteiger partial charge in [0.2, 0.25) is 0 Å². The van der Waals surface area contributed by atoms with Crippen LogP contribution in [0.5, 0.6) is 0 Å². The van der Waals surface area contributed by atoms with Crippen molar-refractivity contribution >= 4 is 50.8 Å². The van der Waals surface area contributed by atoms with E-state index < -0.39 is 0 Å². The second kappa shape index (κ2) is 20.6. The molecule has 10 heteroatoms. The van der Waals surface area contributed by atoms with Gasteiger partial charge in [-0.25, -0.2) is 9.97 Å². The molecule has 2 heterocycles. The Bertz CT molecular complexity index is 3490. The molecular formula is C60H52N6O4. The lowest BCUT2D eigenvalue weighted by molar-refractivity contribution is 0.112. The fourth-order valence-electron chi connectivity index (χ4n) is 9.11. The number of aliphatic hydroxyl groups excluding tert-OH is 1. The zero-order chi connectivity index (χ0) is 48.7. The van der Waals surface area contributed by atoms with E-state index >= 15 is 0 Å². The second-order valence-electron chi connectivity index (χ2n) is 17.2. The van der Waals surface area contributed by atoms with Crippen LogP contribution in [0.1, 0.15) is 61.9 Å². The van der Waals surface area contributed by atoms with E-state index in [9.17, 15) is 19.5 Å². The van der Waals surface area contributed by atoms with Gasteiger partial charge in [-0.1, -0.05) is 146 Å². The number of benzene rings is 8. The number of hydrogen-bond acceptors (Lipinski definition) is 8. The Morgan fingerprint density at radius 1 is 0.471 bits per heavy atom. The lowest BCUT2D eigenvalue weighted by Crippen LogP contribution is -2.29. The molecule has 10 nitrogen and oxygen atoms in total. The molecular weight excluding hydrogens is 869 g/mol. The van der Waals surface area contributed by atoms with Crippen molar-refractivity contribution in [1.29, 1.82) is 0 Å². The van der Waals surface area contributed by atoms with E-state index in [2.05, 4.69) is 0 Å². The average Bonchev–Trinajstić information content (AvgIpc) is 3.41. The van der Waals surface area contributed by atoms with Crippen molar-refractivity contribution in [2.45, 2.75) is 32.5 Å². The van der Waals surface area contributed by atoms with Gasteiger partial charge in [0.15, 0.2) is 0 Å². The molecule has 0 bridgehead atoms. The summed E-state index contributed by atoms with van der Waals surface area (Å²) >= 11 is 0. The first-order chi connectivity index (χ1) is 34.1. The van der Waals surface area contributed by atoms with Gasteiger partial charge in [0.1, 0.15) is 17.9 Å². The quantitative estimate of drug-likeness (QED) is 0.121. The molecule has 0 unspecified atom stereocenters. The fraction of sp³-hybridized carbons (Fsp3) is 0.117. The van der Waals surface area contributed by atoms with Gasteiger partial charge < -0.3 is 14.9 Å². The van der Waals surface area contributed by atoms with E-state index in [-0.39, 0.29) is 29.8 Å². The first kappa shape index (κ1) is 46.4. The largest absolute Gasteiger partial charge is 0.392 e. The first-order valence-corrected chi connectivity index (χ1v) is 23.1. The number of fused-ring (bicyclic) bond motifs is 2. The SMILES string of the molecule is Cc1nc2ccc(N(C)c3cccc(C=O)c3)cc2c(=O)n1C(c1ccccc1)c1ccccc1.Cc1nc2ccc(N(C)c3cccc(CO)c3)cc2c(=O)n1C(c1ccccc1)c1ccccc1. The van der Waals surface area contributed by atoms with Crippen LogP contribution in [0.4, 0.5) is 22.7 Å². The van der Waals surface area contributed by atoms with E-state index in [1.165, 1.54) is 0 Å². The predicted octanol–water partition coefficient (Wildman–Crippen LogP) is 11.5. The summed E-state index contributed by atoms with van der Waals surface area (Å²) in [5, 5.41) is 10.6. The number of aryl methyl sites for hydroxylation is 2. The minimum Gasteiger partial charge on any atom is -0.392 e. The summed E-state index contributed by atoms with van der Waals surface area (Å²) in [6, 6.07) is 66.2. The van der Waals surface area contributed by atoms with Crippen LogP contribution in [0.2, 0.25) is 0 Å².